The van der Waals surface area contributed by atoms with Gasteiger partial charge in [0.15, 0.2) is 5.69 Å². The molecule has 0 saturated carbocycles. The van der Waals surface area contributed by atoms with Crippen molar-refractivity contribution in [3.8, 4) is 22.5 Å². The zero-order chi connectivity index (χ0) is 31.1. The minimum Gasteiger partial charge on any atom is -0.309 e. The number of aromatic nitrogens is 2. The van der Waals surface area contributed by atoms with Crippen molar-refractivity contribution < 1.29 is 0 Å². The molecule has 0 saturated heterocycles. The summed E-state index contributed by atoms with van der Waals surface area (Å²) < 4.78 is 7.31. The molecule has 10 rings (SSSR count). The van der Waals surface area contributed by atoms with Crippen LogP contribution in [0.5, 0.6) is 0 Å². The van der Waals surface area contributed by atoms with E-state index in [4.69, 9.17) is 6.57 Å². The first kappa shape index (κ1) is 26.1. The highest BCUT2D eigenvalue weighted by Gasteiger charge is 2.20. The average molecular weight is 616 g/mol. The van der Waals surface area contributed by atoms with Crippen molar-refractivity contribution in [1.82, 2.24) is 9.13 Å². The molecule has 0 N–H and O–H groups in total. The Morgan fingerprint density at radius 1 is 0.489 bits per heavy atom. The molecule has 4 heteroatoms. The summed E-state index contributed by atoms with van der Waals surface area (Å²) in [7, 11) is 0. The van der Waals surface area contributed by atoms with Crippen molar-refractivity contribution in [1.29, 1.82) is 0 Å². The van der Waals surface area contributed by atoms with Gasteiger partial charge in [-0.15, -0.1) is 11.3 Å². The SMILES string of the molecule is [C-]#[N+]c1ccc(-n2c3ccccc3c3ccccc32)c(-c2ccc3sc4c(ccc5c6ccccc6n(-c6ccccc6)c54)c3c2)c1. The number of fused-ring (bicyclic) bond motifs is 10. The van der Waals surface area contributed by atoms with E-state index in [0.717, 1.165) is 33.5 Å². The van der Waals surface area contributed by atoms with Crippen LogP contribution in [0.3, 0.4) is 0 Å². The molecule has 0 atom stereocenters. The van der Waals surface area contributed by atoms with Crippen LogP contribution in [0, 0.1) is 6.57 Å². The molecular formula is C43H25N3S. The Morgan fingerprint density at radius 2 is 1.11 bits per heavy atom. The van der Waals surface area contributed by atoms with E-state index >= 15 is 0 Å². The third kappa shape index (κ3) is 3.72. The number of hydrogen-bond acceptors (Lipinski definition) is 1. The van der Waals surface area contributed by atoms with Gasteiger partial charge in [-0.3, -0.25) is 0 Å². The topological polar surface area (TPSA) is 14.2 Å². The first-order valence-electron chi connectivity index (χ1n) is 15.7. The van der Waals surface area contributed by atoms with Gasteiger partial charge >= 0.3 is 0 Å². The van der Waals surface area contributed by atoms with Gasteiger partial charge in [0.05, 0.1) is 39.0 Å². The molecule has 0 aliphatic carbocycles. The number of benzene rings is 7. The molecule has 0 fully saturated rings. The van der Waals surface area contributed by atoms with Gasteiger partial charge in [-0.05, 0) is 65.7 Å². The first-order chi connectivity index (χ1) is 23.3. The molecule has 7 aromatic carbocycles. The summed E-state index contributed by atoms with van der Waals surface area (Å²) in [4.78, 5) is 3.84. The molecule has 3 heterocycles. The van der Waals surface area contributed by atoms with Crippen LogP contribution in [0.4, 0.5) is 5.69 Å². The van der Waals surface area contributed by atoms with Crippen molar-refractivity contribution >= 4 is 80.8 Å². The Balaban J connectivity index is 1.26. The molecule has 0 unspecified atom stereocenters. The first-order valence-corrected chi connectivity index (χ1v) is 16.5. The van der Waals surface area contributed by atoms with Gasteiger partial charge in [-0.1, -0.05) is 97.1 Å². The van der Waals surface area contributed by atoms with Gasteiger partial charge in [-0.2, -0.15) is 0 Å². The van der Waals surface area contributed by atoms with E-state index in [0.29, 0.717) is 5.69 Å². The van der Waals surface area contributed by atoms with Crippen LogP contribution in [0.25, 0.3) is 91.1 Å². The number of hydrogen-bond donors (Lipinski definition) is 0. The zero-order valence-electron chi connectivity index (χ0n) is 25.2. The smallest absolute Gasteiger partial charge is 0.188 e. The molecule has 0 aliphatic rings. The number of rotatable bonds is 3. The lowest BCUT2D eigenvalue weighted by molar-refractivity contribution is 1.18. The van der Waals surface area contributed by atoms with Crippen LogP contribution in [0.1, 0.15) is 0 Å². The Labute approximate surface area is 274 Å². The second-order valence-electron chi connectivity index (χ2n) is 12.0. The number of thiophene rings is 1. The highest BCUT2D eigenvalue weighted by molar-refractivity contribution is 7.26. The van der Waals surface area contributed by atoms with Crippen LogP contribution in [-0.2, 0) is 0 Å². The lowest BCUT2D eigenvalue weighted by atomic mass is 9.99. The summed E-state index contributed by atoms with van der Waals surface area (Å²) in [6, 6.07) is 54.1. The molecular weight excluding hydrogens is 591 g/mol. The Kier molecular flexibility index (Phi) is 5.51. The Bertz CT molecular complexity index is 2860. The predicted octanol–water partition coefficient (Wildman–Crippen LogP) is 12.5. The second kappa shape index (κ2) is 9.92. The standard InChI is InChI=1S/C43H25N3S/c1-44-28-20-23-40(46-38-17-9-5-13-30(38)31-14-6-10-18-39(31)46)35(26-28)27-19-24-41-36(25-27)34-22-21-33-32-15-7-8-16-37(32)45(42(33)43(34)47-41)29-11-3-2-4-12-29/h2-26H. The van der Waals surface area contributed by atoms with Crippen LogP contribution >= 0.6 is 11.3 Å². The molecule has 3 nitrogen and oxygen atoms in total. The molecule has 218 valence electrons. The maximum atomic E-state index is 7.86. The van der Waals surface area contributed by atoms with Gasteiger partial charge < -0.3 is 9.13 Å². The quantitative estimate of drug-likeness (QED) is 0.176. The largest absolute Gasteiger partial charge is 0.309 e. The summed E-state index contributed by atoms with van der Waals surface area (Å²) in [5.74, 6) is 0. The van der Waals surface area contributed by atoms with E-state index in [1.54, 1.807) is 0 Å². The number of para-hydroxylation sites is 4. The lowest BCUT2D eigenvalue weighted by Crippen LogP contribution is -1.97. The van der Waals surface area contributed by atoms with Crippen molar-refractivity contribution in [2.45, 2.75) is 0 Å². The number of nitrogens with zero attached hydrogens (tertiary/aromatic N) is 3. The minimum atomic E-state index is 0.633. The molecule has 0 bridgehead atoms. The fourth-order valence-corrected chi connectivity index (χ4v) is 8.72. The van der Waals surface area contributed by atoms with Crippen LogP contribution in [-0.4, -0.2) is 9.13 Å². The van der Waals surface area contributed by atoms with Crippen molar-refractivity contribution in [2.75, 3.05) is 0 Å². The van der Waals surface area contributed by atoms with Gasteiger partial charge in [0.2, 0.25) is 0 Å². The fourth-order valence-electron chi connectivity index (χ4n) is 7.50. The third-order valence-electron chi connectivity index (χ3n) is 9.53. The molecule has 47 heavy (non-hydrogen) atoms. The molecule has 0 amide bonds. The van der Waals surface area contributed by atoms with Crippen molar-refractivity contribution in [3.05, 3.63) is 163 Å². The normalized spacial score (nSPS) is 11.8. The maximum Gasteiger partial charge on any atom is 0.188 e. The van der Waals surface area contributed by atoms with Crippen LogP contribution < -0.4 is 0 Å². The van der Waals surface area contributed by atoms with Gasteiger partial charge in [0.25, 0.3) is 0 Å². The summed E-state index contributed by atoms with van der Waals surface area (Å²) in [5.41, 5.74) is 9.79. The van der Waals surface area contributed by atoms with E-state index < -0.39 is 0 Å². The Hall–Kier alpha value is -6.15. The van der Waals surface area contributed by atoms with Gasteiger partial charge in [0.1, 0.15) is 0 Å². The van der Waals surface area contributed by atoms with E-state index in [-0.39, 0.29) is 0 Å². The summed E-state index contributed by atoms with van der Waals surface area (Å²) >= 11 is 1.86. The van der Waals surface area contributed by atoms with E-state index in [2.05, 4.69) is 154 Å². The summed E-state index contributed by atoms with van der Waals surface area (Å²) in [5, 5.41) is 7.45. The van der Waals surface area contributed by atoms with Crippen molar-refractivity contribution in [3.63, 3.8) is 0 Å². The molecule has 0 aliphatic heterocycles. The highest BCUT2D eigenvalue weighted by atomic mass is 32.1. The lowest BCUT2D eigenvalue weighted by Gasteiger charge is -2.15. The average Bonchev–Trinajstić information content (AvgIpc) is 3.79. The summed E-state index contributed by atoms with van der Waals surface area (Å²) in [6.07, 6.45) is 0. The Morgan fingerprint density at radius 3 is 1.81 bits per heavy atom. The minimum absolute atomic E-state index is 0.633. The molecule has 0 spiro atoms. The highest BCUT2D eigenvalue weighted by Crippen LogP contribution is 2.45. The van der Waals surface area contributed by atoms with E-state index in [1.165, 1.54) is 52.8 Å². The van der Waals surface area contributed by atoms with Crippen LogP contribution in [0.15, 0.2) is 152 Å². The summed E-state index contributed by atoms with van der Waals surface area (Å²) in [6.45, 7) is 7.86. The third-order valence-corrected chi connectivity index (χ3v) is 10.7. The fraction of sp³-hybridized carbons (Fsp3) is 0. The molecule has 10 aromatic rings. The monoisotopic (exact) mass is 615 g/mol. The van der Waals surface area contributed by atoms with Crippen LogP contribution in [0.2, 0.25) is 0 Å². The molecule has 3 aromatic heterocycles. The second-order valence-corrected chi connectivity index (χ2v) is 13.1. The predicted molar refractivity (Wildman–Crippen MR) is 200 cm³/mol. The van der Waals surface area contributed by atoms with Gasteiger partial charge in [0, 0.05) is 42.7 Å². The van der Waals surface area contributed by atoms with Crippen molar-refractivity contribution in [2.24, 2.45) is 0 Å². The molecule has 0 radical (unpaired) electrons. The van der Waals surface area contributed by atoms with E-state index in [9.17, 15) is 0 Å². The van der Waals surface area contributed by atoms with Gasteiger partial charge in [-0.25, -0.2) is 4.85 Å². The maximum absolute atomic E-state index is 7.86. The van der Waals surface area contributed by atoms with E-state index in [1.807, 2.05) is 23.5 Å². The zero-order valence-corrected chi connectivity index (χ0v) is 26.0.